The number of aliphatic hydroxyl groups excluding tert-OH is 3. The van der Waals surface area contributed by atoms with Crippen molar-refractivity contribution >= 4 is 0 Å². The van der Waals surface area contributed by atoms with Gasteiger partial charge in [0.15, 0.2) is 0 Å². The Hall–Kier alpha value is -0.460. The first-order valence-corrected chi connectivity index (χ1v) is 9.55. The summed E-state index contributed by atoms with van der Waals surface area (Å²) in [4.78, 5) is 0. The summed E-state index contributed by atoms with van der Waals surface area (Å²) >= 11 is 0. The van der Waals surface area contributed by atoms with E-state index in [9.17, 15) is 10.2 Å². The molecular formula is C19H36O5. The highest BCUT2D eigenvalue weighted by Gasteiger charge is 2.40. The molecule has 0 spiro atoms. The Kier molecular flexibility index (Phi) is 12.4. The van der Waals surface area contributed by atoms with E-state index in [4.69, 9.17) is 14.6 Å². The molecule has 5 heteroatoms. The van der Waals surface area contributed by atoms with Crippen LogP contribution in [0.5, 0.6) is 0 Å². The van der Waals surface area contributed by atoms with Crippen molar-refractivity contribution < 1.29 is 24.8 Å². The van der Waals surface area contributed by atoms with E-state index in [1.165, 1.54) is 44.9 Å². The lowest BCUT2D eigenvalue weighted by atomic mass is 10.1. The van der Waals surface area contributed by atoms with Gasteiger partial charge in [-0.05, 0) is 25.7 Å². The van der Waals surface area contributed by atoms with Crippen LogP contribution in [0, 0.1) is 0 Å². The summed E-state index contributed by atoms with van der Waals surface area (Å²) < 4.78 is 10.9. The van der Waals surface area contributed by atoms with Crippen molar-refractivity contribution in [3.05, 3.63) is 12.2 Å². The predicted molar refractivity (Wildman–Crippen MR) is 94.9 cm³/mol. The second-order valence-corrected chi connectivity index (χ2v) is 6.62. The van der Waals surface area contributed by atoms with Crippen molar-refractivity contribution in [1.82, 2.24) is 0 Å². The lowest BCUT2D eigenvalue weighted by Crippen LogP contribution is -2.41. The van der Waals surface area contributed by atoms with Crippen LogP contribution in [0.15, 0.2) is 12.2 Å². The van der Waals surface area contributed by atoms with Gasteiger partial charge in [0.05, 0.1) is 13.2 Å². The van der Waals surface area contributed by atoms with Crippen LogP contribution in [0.25, 0.3) is 0 Å². The third-order valence-corrected chi connectivity index (χ3v) is 4.46. The summed E-state index contributed by atoms with van der Waals surface area (Å²) in [6.45, 7) is 2.66. The van der Waals surface area contributed by atoms with Crippen molar-refractivity contribution in [2.75, 3.05) is 19.8 Å². The molecule has 0 aromatic carbocycles. The Morgan fingerprint density at radius 2 is 1.75 bits per heavy atom. The standard InChI is InChI=1S/C19H36O5/c1-2-3-4-5-6-7-8-9-10-11-12-13-23-17-15-24-19(18(17)22)16(21)14-20/h4-5,16-22H,2-3,6-15H2,1H3/b5-4+/t16-,17+,18-,19-/m0/s1. The number of allylic oxidation sites excluding steroid dienone is 2. The molecule has 0 bridgehead atoms. The smallest absolute Gasteiger partial charge is 0.114 e. The summed E-state index contributed by atoms with van der Waals surface area (Å²) in [5.41, 5.74) is 0. The Bertz CT molecular complexity index is 321. The van der Waals surface area contributed by atoms with Gasteiger partial charge < -0.3 is 24.8 Å². The van der Waals surface area contributed by atoms with Crippen LogP contribution in [0.2, 0.25) is 0 Å². The van der Waals surface area contributed by atoms with Gasteiger partial charge in [0.1, 0.15) is 24.4 Å². The molecule has 1 heterocycles. The van der Waals surface area contributed by atoms with E-state index < -0.39 is 31.0 Å². The van der Waals surface area contributed by atoms with Gasteiger partial charge in [-0.1, -0.05) is 51.2 Å². The van der Waals surface area contributed by atoms with Gasteiger partial charge in [-0.25, -0.2) is 0 Å². The topological polar surface area (TPSA) is 79.2 Å². The van der Waals surface area contributed by atoms with Gasteiger partial charge in [-0.15, -0.1) is 0 Å². The molecule has 1 aliphatic rings. The zero-order valence-corrected chi connectivity index (χ0v) is 15.1. The maximum Gasteiger partial charge on any atom is 0.114 e. The molecular weight excluding hydrogens is 308 g/mol. The zero-order valence-electron chi connectivity index (χ0n) is 15.1. The summed E-state index contributed by atoms with van der Waals surface area (Å²) in [7, 11) is 0. The molecule has 0 radical (unpaired) electrons. The van der Waals surface area contributed by atoms with Crippen LogP contribution < -0.4 is 0 Å². The molecule has 1 aliphatic heterocycles. The maximum absolute atomic E-state index is 10.0. The van der Waals surface area contributed by atoms with Crippen molar-refractivity contribution in [2.24, 2.45) is 0 Å². The maximum atomic E-state index is 10.0. The van der Waals surface area contributed by atoms with Gasteiger partial charge in [0, 0.05) is 6.61 Å². The summed E-state index contributed by atoms with van der Waals surface area (Å²) in [6.07, 6.45) is 12.3. The number of ether oxygens (including phenoxy) is 2. The largest absolute Gasteiger partial charge is 0.394 e. The summed E-state index contributed by atoms with van der Waals surface area (Å²) in [5.74, 6) is 0. The van der Waals surface area contributed by atoms with E-state index in [0.717, 1.165) is 12.8 Å². The monoisotopic (exact) mass is 344 g/mol. The number of rotatable bonds is 14. The van der Waals surface area contributed by atoms with E-state index in [0.29, 0.717) is 6.61 Å². The minimum atomic E-state index is -1.05. The second-order valence-electron chi connectivity index (χ2n) is 6.62. The zero-order chi connectivity index (χ0) is 17.6. The number of aliphatic hydroxyl groups is 3. The molecule has 0 aromatic rings. The van der Waals surface area contributed by atoms with Crippen molar-refractivity contribution in [2.45, 2.75) is 89.1 Å². The Morgan fingerprint density at radius 3 is 2.46 bits per heavy atom. The lowest BCUT2D eigenvalue weighted by Gasteiger charge is -2.20. The van der Waals surface area contributed by atoms with Crippen LogP contribution >= 0.6 is 0 Å². The fourth-order valence-electron chi connectivity index (χ4n) is 2.91. The van der Waals surface area contributed by atoms with Crippen LogP contribution in [0.1, 0.15) is 64.7 Å². The molecule has 0 unspecified atom stereocenters. The van der Waals surface area contributed by atoms with Gasteiger partial charge in [-0.2, -0.15) is 0 Å². The van der Waals surface area contributed by atoms with Crippen LogP contribution in [-0.4, -0.2) is 59.6 Å². The van der Waals surface area contributed by atoms with Crippen LogP contribution in [-0.2, 0) is 9.47 Å². The van der Waals surface area contributed by atoms with Crippen LogP contribution in [0.4, 0.5) is 0 Å². The molecule has 0 aromatic heterocycles. The summed E-state index contributed by atoms with van der Waals surface area (Å²) in [6, 6.07) is 0. The Morgan fingerprint density at radius 1 is 1.08 bits per heavy atom. The fourth-order valence-corrected chi connectivity index (χ4v) is 2.91. The average molecular weight is 344 g/mol. The minimum Gasteiger partial charge on any atom is -0.394 e. The van der Waals surface area contributed by atoms with Gasteiger partial charge >= 0.3 is 0 Å². The molecule has 5 nitrogen and oxygen atoms in total. The number of hydrogen-bond acceptors (Lipinski definition) is 5. The molecule has 0 saturated carbocycles. The first-order chi connectivity index (χ1) is 11.7. The molecule has 1 rings (SSSR count). The number of hydrogen-bond donors (Lipinski definition) is 3. The molecule has 0 amide bonds. The minimum absolute atomic E-state index is 0.272. The quantitative estimate of drug-likeness (QED) is 0.333. The van der Waals surface area contributed by atoms with E-state index in [-0.39, 0.29) is 6.61 Å². The van der Waals surface area contributed by atoms with Crippen molar-refractivity contribution in [3.63, 3.8) is 0 Å². The highest BCUT2D eigenvalue weighted by molar-refractivity contribution is 4.88. The van der Waals surface area contributed by atoms with Gasteiger partial charge in [-0.3, -0.25) is 0 Å². The van der Waals surface area contributed by atoms with Crippen LogP contribution in [0.3, 0.4) is 0 Å². The van der Waals surface area contributed by atoms with Crippen molar-refractivity contribution in [1.29, 1.82) is 0 Å². The highest BCUT2D eigenvalue weighted by Crippen LogP contribution is 2.20. The van der Waals surface area contributed by atoms with E-state index >= 15 is 0 Å². The molecule has 24 heavy (non-hydrogen) atoms. The van der Waals surface area contributed by atoms with E-state index in [1.54, 1.807) is 0 Å². The average Bonchev–Trinajstić information content (AvgIpc) is 2.96. The molecule has 142 valence electrons. The van der Waals surface area contributed by atoms with E-state index in [2.05, 4.69) is 19.1 Å². The lowest BCUT2D eigenvalue weighted by molar-refractivity contribution is -0.0730. The normalized spacial score (nSPS) is 25.6. The fraction of sp³-hybridized carbons (Fsp3) is 0.895. The SMILES string of the molecule is CCC/C=C/CCCCCCCCO[C@@H]1CO[C@@H]([C@@H](O)CO)[C@H]1O. The molecule has 1 saturated heterocycles. The van der Waals surface area contributed by atoms with Gasteiger partial charge in [0.2, 0.25) is 0 Å². The first-order valence-electron chi connectivity index (χ1n) is 9.55. The third kappa shape index (κ3) is 8.58. The molecule has 1 fully saturated rings. The molecule has 0 aliphatic carbocycles. The third-order valence-electron chi connectivity index (χ3n) is 4.46. The Labute approximate surface area is 146 Å². The predicted octanol–water partition coefficient (Wildman–Crippen LogP) is 2.57. The van der Waals surface area contributed by atoms with Gasteiger partial charge in [0.25, 0.3) is 0 Å². The molecule has 4 atom stereocenters. The highest BCUT2D eigenvalue weighted by atomic mass is 16.6. The second kappa shape index (κ2) is 13.8. The molecule has 3 N–H and O–H groups in total. The number of unbranched alkanes of at least 4 members (excludes halogenated alkanes) is 7. The van der Waals surface area contributed by atoms with E-state index in [1.807, 2.05) is 0 Å². The van der Waals surface area contributed by atoms with Crippen molar-refractivity contribution in [3.8, 4) is 0 Å². The summed E-state index contributed by atoms with van der Waals surface area (Å²) in [5, 5.41) is 28.4. The first kappa shape index (κ1) is 21.6. The Balaban J connectivity index is 1.92.